The summed E-state index contributed by atoms with van der Waals surface area (Å²) in [6.45, 7) is 2.16. The second-order valence-corrected chi connectivity index (χ2v) is 7.84. The fourth-order valence-corrected chi connectivity index (χ4v) is 4.15. The standard InChI is InChI=1S/C26H28N2O4/c1-26(20-13-11-18(30-3)15-25(20)32-5)16-23(27-21-8-6-7-9-22(21)28-26)19-12-10-17(29-2)14-24(19)31-4/h6-15,28H,16H2,1-5H3/t26-/m0/s1. The van der Waals surface area contributed by atoms with Gasteiger partial charge >= 0.3 is 0 Å². The van der Waals surface area contributed by atoms with Crippen LogP contribution in [-0.2, 0) is 5.54 Å². The molecule has 0 aromatic heterocycles. The number of ether oxygens (including phenoxy) is 4. The predicted octanol–water partition coefficient (Wildman–Crippen LogP) is 5.57. The Morgan fingerprint density at radius 3 is 2.12 bits per heavy atom. The Labute approximate surface area is 188 Å². The Kier molecular flexibility index (Phi) is 5.95. The lowest BCUT2D eigenvalue weighted by atomic mass is 9.84. The van der Waals surface area contributed by atoms with Crippen molar-refractivity contribution in [1.82, 2.24) is 0 Å². The summed E-state index contributed by atoms with van der Waals surface area (Å²) < 4.78 is 22.2. The molecule has 1 N–H and O–H groups in total. The summed E-state index contributed by atoms with van der Waals surface area (Å²) in [6.07, 6.45) is 0.604. The van der Waals surface area contributed by atoms with Crippen molar-refractivity contribution >= 4 is 17.1 Å². The van der Waals surface area contributed by atoms with Crippen molar-refractivity contribution in [3.63, 3.8) is 0 Å². The molecule has 6 heteroatoms. The summed E-state index contributed by atoms with van der Waals surface area (Å²) in [5.74, 6) is 2.94. The molecule has 3 aromatic rings. The van der Waals surface area contributed by atoms with Crippen LogP contribution in [0.3, 0.4) is 0 Å². The predicted molar refractivity (Wildman–Crippen MR) is 127 cm³/mol. The van der Waals surface area contributed by atoms with E-state index in [0.717, 1.165) is 45.5 Å². The molecule has 0 saturated heterocycles. The lowest BCUT2D eigenvalue weighted by molar-refractivity contribution is 0.382. The molecule has 0 spiro atoms. The van der Waals surface area contributed by atoms with Crippen LogP contribution in [0.15, 0.2) is 65.7 Å². The number of anilines is 1. The Balaban J connectivity index is 1.89. The number of aliphatic imine (C=N–C) groups is 1. The van der Waals surface area contributed by atoms with E-state index in [9.17, 15) is 0 Å². The Morgan fingerprint density at radius 2 is 1.44 bits per heavy atom. The summed E-state index contributed by atoms with van der Waals surface area (Å²) in [5.41, 5.74) is 4.16. The summed E-state index contributed by atoms with van der Waals surface area (Å²) in [7, 11) is 6.63. The molecule has 166 valence electrons. The van der Waals surface area contributed by atoms with Gasteiger partial charge in [-0.05, 0) is 43.3 Å². The number of fused-ring (bicyclic) bond motifs is 1. The summed E-state index contributed by atoms with van der Waals surface area (Å²) >= 11 is 0. The molecule has 3 aromatic carbocycles. The molecule has 0 aliphatic carbocycles. The number of benzene rings is 3. The maximum absolute atomic E-state index is 5.75. The number of rotatable bonds is 6. The van der Waals surface area contributed by atoms with Gasteiger partial charge in [-0.2, -0.15) is 0 Å². The average molecular weight is 433 g/mol. The number of nitrogens with one attached hydrogen (secondary N) is 1. The maximum Gasteiger partial charge on any atom is 0.131 e. The van der Waals surface area contributed by atoms with E-state index in [1.165, 1.54) is 0 Å². The Morgan fingerprint density at radius 1 is 0.781 bits per heavy atom. The van der Waals surface area contributed by atoms with Crippen molar-refractivity contribution in [1.29, 1.82) is 0 Å². The lowest BCUT2D eigenvalue weighted by Gasteiger charge is -2.33. The first-order chi connectivity index (χ1) is 15.5. The van der Waals surface area contributed by atoms with E-state index in [4.69, 9.17) is 23.9 Å². The molecule has 0 amide bonds. The molecule has 0 fully saturated rings. The molecule has 1 atom stereocenters. The van der Waals surface area contributed by atoms with Crippen molar-refractivity contribution < 1.29 is 18.9 Å². The van der Waals surface area contributed by atoms with Crippen LogP contribution >= 0.6 is 0 Å². The van der Waals surface area contributed by atoms with Crippen molar-refractivity contribution in [2.45, 2.75) is 18.9 Å². The van der Waals surface area contributed by atoms with E-state index in [0.29, 0.717) is 12.2 Å². The third-order valence-corrected chi connectivity index (χ3v) is 5.81. The van der Waals surface area contributed by atoms with Gasteiger partial charge in [0.1, 0.15) is 23.0 Å². The minimum atomic E-state index is -0.506. The van der Waals surface area contributed by atoms with Gasteiger partial charge in [-0.1, -0.05) is 12.1 Å². The second-order valence-electron chi connectivity index (χ2n) is 7.84. The molecular formula is C26H28N2O4. The third-order valence-electron chi connectivity index (χ3n) is 5.81. The van der Waals surface area contributed by atoms with Crippen molar-refractivity contribution in [3.8, 4) is 23.0 Å². The fourth-order valence-electron chi connectivity index (χ4n) is 4.15. The Bertz CT molecular complexity index is 1160. The first kappa shape index (κ1) is 21.6. The first-order valence-corrected chi connectivity index (χ1v) is 10.4. The minimum Gasteiger partial charge on any atom is -0.497 e. The molecule has 32 heavy (non-hydrogen) atoms. The highest BCUT2D eigenvalue weighted by molar-refractivity contribution is 6.06. The molecule has 0 saturated carbocycles. The zero-order chi connectivity index (χ0) is 22.7. The van der Waals surface area contributed by atoms with Crippen LogP contribution in [0.1, 0.15) is 24.5 Å². The lowest BCUT2D eigenvalue weighted by Crippen LogP contribution is -2.34. The van der Waals surface area contributed by atoms with Gasteiger partial charge in [-0.3, -0.25) is 4.99 Å². The molecule has 1 aliphatic heterocycles. The maximum atomic E-state index is 5.75. The monoisotopic (exact) mass is 432 g/mol. The Hall–Kier alpha value is -3.67. The highest BCUT2D eigenvalue weighted by Crippen LogP contribution is 2.43. The number of hydrogen-bond acceptors (Lipinski definition) is 6. The largest absolute Gasteiger partial charge is 0.497 e. The van der Waals surface area contributed by atoms with Gasteiger partial charge in [0.2, 0.25) is 0 Å². The SMILES string of the molecule is COc1ccc(C2=Nc3ccccc3N[C@](C)(c3ccc(OC)cc3OC)C2)c(OC)c1. The van der Waals surface area contributed by atoms with Crippen LogP contribution in [0.4, 0.5) is 11.4 Å². The van der Waals surface area contributed by atoms with Crippen LogP contribution in [0, 0.1) is 0 Å². The molecule has 1 heterocycles. The van der Waals surface area contributed by atoms with Crippen LogP contribution < -0.4 is 24.3 Å². The number of para-hydroxylation sites is 2. The zero-order valence-electron chi connectivity index (χ0n) is 19.1. The van der Waals surface area contributed by atoms with Gasteiger partial charge in [-0.15, -0.1) is 0 Å². The number of nitrogens with zero attached hydrogens (tertiary/aromatic N) is 1. The summed E-state index contributed by atoms with van der Waals surface area (Å²) in [6, 6.07) is 19.8. The van der Waals surface area contributed by atoms with E-state index in [-0.39, 0.29) is 0 Å². The van der Waals surface area contributed by atoms with Crippen molar-refractivity contribution in [2.75, 3.05) is 33.8 Å². The summed E-state index contributed by atoms with van der Waals surface area (Å²) in [5, 5.41) is 3.72. The second kappa shape index (κ2) is 8.83. The van der Waals surface area contributed by atoms with Crippen LogP contribution in [0.25, 0.3) is 0 Å². The van der Waals surface area contributed by atoms with Crippen LogP contribution in [0.2, 0.25) is 0 Å². The highest BCUT2D eigenvalue weighted by Gasteiger charge is 2.35. The van der Waals surface area contributed by atoms with Crippen LogP contribution in [-0.4, -0.2) is 34.2 Å². The quantitative estimate of drug-likeness (QED) is 0.552. The zero-order valence-corrected chi connectivity index (χ0v) is 19.1. The molecule has 1 aliphatic rings. The third kappa shape index (κ3) is 3.96. The van der Waals surface area contributed by atoms with E-state index in [1.807, 2.05) is 60.7 Å². The minimum absolute atomic E-state index is 0.506. The van der Waals surface area contributed by atoms with Gasteiger partial charge in [0.15, 0.2) is 0 Å². The van der Waals surface area contributed by atoms with Gasteiger partial charge in [0.05, 0.1) is 51.1 Å². The highest BCUT2D eigenvalue weighted by atomic mass is 16.5. The molecule has 6 nitrogen and oxygen atoms in total. The summed E-state index contributed by atoms with van der Waals surface area (Å²) in [4.78, 5) is 5.05. The first-order valence-electron chi connectivity index (χ1n) is 10.4. The number of hydrogen-bond donors (Lipinski definition) is 1. The van der Waals surface area contributed by atoms with Crippen molar-refractivity contribution in [3.05, 3.63) is 71.8 Å². The van der Waals surface area contributed by atoms with E-state index >= 15 is 0 Å². The average Bonchev–Trinajstić information content (AvgIpc) is 2.99. The fraction of sp³-hybridized carbons (Fsp3) is 0.269. The smallest absolute Gasteiger partial charge is 0.131 e. The number of methoxy groups -OCH3 is 4. The van der Waals surface area contributed by atoms with E-state index in [1.54, 1.807) is 28.4 Å². The van der Waals surface area contributed by atoms with Gasteiger partial charge in [-0.25, -0.2) is 0 Å². The van der Waals surface area contributed by atoms with E-state index in [2.05, 4.69) is 12.2 Å². The normalized spacial score (nSPS) is 17.3. The van der Waals surface area contributed by atoms with Crippen molar-refractivity contribution in [2.24, 2.45) is 4.99 Å². The van der Waals surface area contributed by atoms with Gasteiger partial charge in [0.25, 0.3) is 0 Å². The van der Waals surface area contributed by atoms with E-state index < -0.39 is 5.54 Å². The van der Waals surface area contributed by atoms with Gasteiger partial charge < -0.3 is 24.3 Å². The van der Waals surface area contributed by atoms with Gasteiger partial charge in [0, 0.05) is 29.7 Å². The molecular weight excluding hydrogens is 404 g/mol. The molecule has 4 rings (SSSR count). The van der Waals surface area contributed by atoms with Crippen LogP contribution in [0.5, 0.6) is 23.0 Å². The topological polar surface area (TPSA) is 61.3 Å². The molecule has 0 unspecified atom stereocenters. The molecule has 0 bridgehead atoms. The molecule has 0 radical (unpaired) electrons.